The van der Waals surface area contributed by atoms with Gasteiger partial charge in [-0.25, -0.2) is 14.2 Å². The van der Waals surface area contributed by atoms with Gasteiger partial charge in [-0.2, -0.15) is 0 Å². The number of fused-ring (bicyclic) bond motifs is 2. The zero-order valence-corrected chi connectivity index (χ0v) is 24.0. The van der Waals surface area contributed by atoms with Gasteiger partial charge in [-0.3, -0.25) is 9.59 Å². The molecule has 0 bridgehead atoms. The van der Waals surface area contributed by atoms with Crippen LogP contribution in [0.3, 0.4) is 0 Å². The number of hydrogen-bond donors (Lipinski definition) is 1. The van der Waals surface area contributed by atoms with E-state index in [1.165, 1.54) is 21.2 Å². The van der Waals surface area contributed by atoms with Gasteiger partial charge in [0.2, 0.25) is 11.9 Å². The summed E-state index contributed by atoms with van der Waals surface area (Å²) in [4.78, 5) is 56.1. The molecule has 0 aromatic heterocycles. The van der Waals surface area contributed by atoms with Gasteiger partial charge in [0.15, 0.2) is 0 Å². The van der Waals surface area contributed by atoms with Gasteiger partial charge in [-0.15, -0.1) is 11.8 Å². The monoisotopic (exact) mass is 553 g/mol. The zero-order chi connectivity index (χ0) is 28.5. The number of benzene rings is 2. The van der Waals surface area contributed by atoms with Crippen LogP contribution in [0.25, 0.3) is 10.8 Å². The molecule has 0 aliphatic carbocycles. The Hall–Kier alpha value is -3.24. The first-order valence-corrected chi connectivity index (χ1v) is 14.0. The molecule has 1 N–H and O–H groups in total. The molecule has 2 heterocycles. The Morgan fingerprint density at radius 1 is 1.15 bits per heavy atom. The van der Waals surface area contributed by atoms with Crippen molar-refractivity contribution in [1.29, 1.82) is 0 Å². The summed E-state index contributed by atoms with van der Waals surface area (Å²) in [5, 5.41) is 4.16. The van der Waals surface area contributed by atoms with Gasteiger partial charge in [0.05, 0.1) is 0 Å². The summed E-state index contributed by atoms with van der Waals surface area (Å²) in [5.41, 5.74) is 0.483. The predicted octanol–water partition coefficient (Wildman–Crippen LogP) is 2.51. The molecule has 1 unspecified atom stereocenters. The molecule has 39 heavy (non-hydrogen) atoms. The Balaban J connectivity index is 1.42. The van der Waals surface area contributed by atoms with Gasteiger partial charge in [-0.05, 0) is 64.2 Å². The van der Waals surface area contributed by atoms with Crippen LogP contribution in [-0.4, -0.2) is 101 Å². The number of esters is 2. The minimum absolute atomic E-state index is 0.347. The number of carbonyl (C=O) groups excluding carboxylic acids is 4. The second kappa shape index (κ2) is 11.5. The molecule has 9 nitrogen and oxygen atoms in total. The highest BCUT2D eigenvalue weighted by Crippen LogP contribution is 2.51. The second-order valence-corrected chi connectivity index (χ2v) is 12.8. The molecule has 2 saturated heterocycles. The molecule has 208 valence electrons. The van der Waals surface area contributed by atoms with Gasteiger partial charge < -0.3 is 19.9 Å². The number of amides is 2. The van der Waals surface area contributed by atoms with E-state index in [1.54, 1.807) is 19.2 Å². The quantitative estimate of drug-likeness (QED) is 0.121. The highest BCUT2D eigenvalue weighted by Gasteiger charge is 2.64. The average Bonchev–Trinajstić information content (AvgIpc) is 3.13. The van der Waals surface area contributed by atoms with Gasteiger partial charge in [-0.1, -0.05) is 36.4 Å². The third-order valence-corrected chi connectivity index (χ3v) is 8.89. The SMILES string of the molecule is C=[N+](C)C(CCCCN(C)C)C(=O)OC(=O)[C@@H]1N2C(=O)[C@@H](NC(=O)c3cccc4ccccc34)[C@H]2SC1(C)C. The fourth-order valence-electron chi connectivity index (χ4n) is 5.28. The van der Waals surface area contributed by atoms with E-state index < -0.39 is 40.2 Å². The number of carbonyl (C=O) groups is 4. The van der Waals surface area contributed by atoms with Crippen LogP contribution in [0.5, 0.6) is 0 Å². The third kappa shape index (κ3) is 5.86. The normalized spacial score (nSPS) is 22.3. The van der Waals surface area contributed by atoms with Crippen molar-refractivity contribution in [3.05, 3.63) is 48.0 Å². The molecular weight excluding hydrogens is 516 g/mol. The number of unbranched alkanes of at least 4 members (excludes halogenated alkanes) is 1. The predicted molar refractivity (Wildman–Crippen MR) is 152 cm³/mol. The number of β-lactam (4-membered cyclic amide) rings is 1. The first-order valence-electron chi connectivity index (χ1n) is 13.1. The van der Waals surface area contributed by atoms with E-state index in [0.29, 0.717) is 12.0 Å². The van der Waals surface area contributed by atoms with Gasteiger partial charge in [0, 0.05) is 16.7 Å². The number of ether oxygens (including phenoxy) is 1. The minimum atomic E-state index is -0.945. The number of hydrogen-bond acceptors (Lipinski definition) is 7. The van der Waals surface area contributed by atoms with Crippen molar-refractivity contribution in [2.24, 2.45) is 0 Å². The number of likely N-dealkylation sites (N-methyl/N-ethyl adjacent to an activating group) is 1. The largest absolute Gasteiger partial charge is 0.387 e. The summed E-state index contributed by atoms with van der Waals surface area (Å²) < 4.78 is 6.14. The smallest absolute Gasteiger partial charge is 0.383 e. The van der Waals surface area contributed by atoms with Crippen LogP contribution in [0.4, 0.5) is 0 Å². The second-order valence-electron chi connectivity index (χ2n) is 11.0. The van der Waals surface area contributed by atoms with Crippen LogP contribution < -0.4 is 5.32 Å². The van der Waals surface area contributed by atoms with Crippen molar-refractivity contribution < 1.29 is 28.5 Å². The van der Waals surface area contributed by atoms with E-state index in [0.717, 1.165) is 30.2 Å². The van der Waals surface area contributed by atoms with E-state index in [4.69, 9.17) is 4.74 Å². The Morgan fingerprint density at radius 2 is 1.85 bits per heavy atom. The summed E-state index contributed by atoms with van der Waals surface area (Å²) in [6.45, 7) is 8.42. The molecule has 4 rings (SSSR count). The first kappa shape index (κ1) is 28.8. The van der Waals surface area contributed by atoms with Gasteiger partial charge in [0.25, 0.3) is 5.91 Å². The van der Waals surface area contributed by atoms with E-state index in [9.17, 15) is 19.2 Å². The molecule has 4 atom stereocenters. The Kier molecular flexibility index (Phi) is 8.46. The third-order valence-electron chi connectivity index (χ3n) is 7.32. The summed E-state index contributed by atoms with van der Waals surface area (Å²) in [6.07, 6.45) is 2.19. The minimum Gasteiger partial charge on any atom is -0.387 e. The maximum Gasteiger partial charge on any atom is 0.383 e. The Bertz CT molecular complexity index is 1300. The fourth-order valence-corrected chi connectivity index (χ4v) is 6.90. The number of rotatable bonds is 10. The van der Waals surface area contributed by atoms with Crippen molar-refractivity contribution in [3.63, 3.8) is 0 Å². The zero-order valence-electron chi connectivity index (χ0n) is 23.2. The number of nitrogens with zero attached hydrogens (tertiary/aromatic N) is 3. The summed E-state index contributed by atoms with van der Waals surface area (Å²) in [7, 11) is 5.66. The number of nitrogens with one attached hydrogen (secondary N) is 1. The molecule has 2 aromatic rings. The Labute approximate surface area is 233 Å². The van der Waals surface area contributed by atoms with Crippen LogP contribution in [0.1, 0.15) is 43.5 Å². The molecule has 2 aromatic carbocycles. The van der Waals surface area contributed by atoms with Crippen molar-refractivity contribution in [2.75, 3.05) is 27.7 Å². The highest BCUT2D eigenvalue weighted by atomic mass is 32.2. The van der Waals surface area contributed by atoms with E-state index in [-0.39, 0.29) is 11.8 Å². The van der Waals surface area contributed by atoms with Crippen molar-refractivity contribution in [3.8, 4) is 0 Å². The topological polar surface area (TPSA) is 99.0 Å². The van der Waals surface area contributed by atoms with Crippen molar-refractivity contribution in [1.82, 2.24) is 15.1 Å². The first-order chi connectivity index (χ1) is 18.4. The lowest BCUT2D eigenvalue weighted by atomic mass is 9.95. The van der Waals surface area contributed by atoms with E-state index in [2.05, 4.69) is 16.9 Å². The summed E-state index contributed by atoms with van der Waals surface area (Å²) in [5.74, 6) is -2.14. The molecule has 2 aliphatic heterocycles. The maximum atomic E-state index is 13.3. The Morgan fingerprint density at radius 3 is 2.54 bits per heavy atom. The summed E-state index contributed by atoms with van der Waals surface area (Å²) in [6, 6.07) is 10.6. The standard InChI is InChI=1S/C29H36N4O5S/c1-29(2)23(28(37)38-27(36)21(32(5)6)16-9-10-17-31(3)4)33-25(35)22(26(33)39-29)30-24(34)20-15-11-13-18-12-7-8-14-19(18)20/h7-8,11-15,21-23,26H,5,9-10,16-17H2,1-4,6H3/p+1/t21?,22-,23+,26-/m1/s1. The highest BCUT2D eigenvalue weighted by molar-refractivity contribution is 8.01. The van der Waals surface area contributed by atoms with Crippen LogP contribution in [0.15, 0.2) is 42.5 Å². The molecule has 0 saturated carbocycles. The molecular formula is C29H37N4O5S+. The molecule has 2 aliphatic rings. The van der Waals surface area contributed by atoms with Crippen LogP contribution in [0.2, 0.25) is 0 Å². The van der Waals surface area contributed by atoms with Crippen molar-refractivity contribution >= 4 is 53.0 Å². The molecule has 0 spiro atoms. The molecule has 10 heteroatoms. The van der Waals surface area contributed by atoms with E-state index in [1.807, 2.05) is 58.3 Å². The lowest BCUT2D eigenvalue weighted by molar-refractivity contribution is -0.518. The van der Waals surface area contributed by atoms with Crippen molar-refractivity contribution in [2.45, 2.75) is 61.4 Å². The molecule has 2 amide bonds. The molecule has 2 fully saturated rings. The van der Waals surface area contributed by atoms with Gasteiger partial charge in [0.1, 0.15) is 31.2 Å². The fraction of sp³-hybridized carbons (Fsp3) is 0.483. The maximum absolute atomic E-state index is 13.3. The lowest BCUT2D eigenvalue weighted by Gasteiger charge is -2.43. The molecule has 0 radical (unpaired) electrons. The average molecular weight is 554 g/mol. The van der Waals surface area contributed by atoms with Crippen LogP contribution in [0, 0.1) is 0 Å². The lowest BCUT2D eigenvalue weighted by Crippen LogP contribution is -2.70. The van der Waals surface area contributed by atoms with Crippen LogP contribution in [-0.2, 0) is 19.1 Å². The van der Waals surface area contributed by atoms with Gasteiger partial charge >= 0.3 is 11.9 Å². The number of thioether (sulfide) groups is 1. The van der Waals surface area contributed by atoms with E-state index >= 15 is 0 Å². The summed E-state index contributed by atoms with van der Waals surface area (Å²) >= 11 is 1.42. The van der Waals surface area contributed by atoms with Crippen LogP contribution >= 0.6 is 11.8 Å².